The Balaban J connectivity index is 1.98. The molecule has 0 saturated heterocycles. The van der Waals surface area contributed by atoms with Gasteiger partial charge in [0.25, 0.3) is 5.69 Å². The first-order chi connectivity index (χ1) is 9.63. The number of thiazole rings is 1. The van der Waals surface area contributed by atoms with E-state index in [0.29, 0.717) is 12.2 Å². The first kappa shape index (κ1) is 13.0. The summed E-state index contributed by atoms with van der Waals surface area (Å²) in [6, 6.07) is 5.34. The highest BCUT2D eigenvalue weighted by Crippen LogP contribution is 2.33. The monoisotopic (exact) mass is 305 g/mol. The topological polar surface area (TPSA) is 68.1 Å². The molecule has 7 heteroatoms. The molecule has 1 aromatic carbocycles. The van der Waals surface area contributed by atoms with Crippen molar-refractivity contribution in [3.63, 3.8) is 0 Å². The molecular weight excluding hydrogens is 294 g/mol. The maximum atomic E-state index is 11.2. The van der Waals surface area contributed by atoms with Gasteiger partial charge in [-0.25, -0.2) is 4.98 Å². The van der Waals surface area contributed by atoms with Crippen LogP contribution in [0.1, 0.15) is 10.6 Å². The molecule has 0 amide bonds. The number of aryl methyl sites for hydroxylation is 1. The number of nitro groups is 1. The van der Waals surface area contributed by atoms with Crippen LogP contribution >= 0.6 is 22.7 Å². The lowest BCUT2D eigenvalue weighted by Crippen LogP contribution is -2.01. The smallest absolute Gasteiger partial charge is 0.293 e. The molecule has 0 aliphatic heterocycles. The summed E-state index contributed by atoms with van der Waals surface area (Å²) in [5, 5.41) is 19.2. The van der Waals surface area contributed by atoms with Gasteiger partial charge in [-0.05, 0) is 35.4 Å². The Bertz CT molecular complexity index is 765. The highest BCUT2D eigenvalue weighted by Gasteiger charge is 2.17. The van der Waals surface area contributed by atoms with Crippen LogP contribution in [0.25, 0.3) is 10.2 Å². The number of fused-ring (bicyclic) bond motifs is 1. The SMILES string of the molecule is Cc1nc2cc(NCc3ccsc3)c([N+](=O)[O-])cc2s1. The molecule has 0 bridgehead atoms. The molecule has 2 heterocycles. The summed E-state index contributed by atoms with van der Waals surface area (Å²) in [6.45, 7) is 2.47. The molecule has 0 aliphatic carbocycles. The first-order valence-corrected chi connectivity index (χ1v) is 7.70. The molecule has 102 valence electrons. The van der Waals surface area contributed by atoms with Crippen LogP contribution in [0.15, 0.2) is 29.0 Å². The van der Waals surface area contributed by atoms with Crippen LogP contribution < -0.4 is 5.32 Å². The summed E-state index contributed by atoms with van der Waals surface area (Å²) in [5.74, 6) is 0. The fourth-order valence-corrected chi connectivity index (χ4v) is 3.47. The van der Waals surface area contributed by atoms with Gasteiger partial charge in [-0.2, -0.15) is 11.3 Å². The second-order valence-electron chi connectivity index (χ2n) is 4.31. The maximum Gasteiger partial charge on any atom is 0.293 e. The predicted octanol–water partition coefficient (Wildman–Crippen LogP) is 4.19. The summed E-state index contributed by atoms with van der Waals surface area (Å²) in [6.07, 6.45) is 0. The molecule has 0 unspecified atom stereocenters. The standard InChI is InChI=1S/C13H11N3O2S2/c1-8-15-11-4-10(14-6-9-2-3-19-7-9)12(16(17)18)5-13(11)20-8/h2-5,7,14H,6H2,1H3. The lowest BCUT2D eigenvalue weighted by atomic mass is 10.2. The Kier molecular flexibility index (Phi) is 3.37. The number of hydrogen-bond acceptors (Lipinski definition) is 6. The van der Waals surface area contributed by atoms with E-state index < -0.39 is 0 Å². The molecule has 0 atom stereocenters. The minimum absolute atomic E-state index is 0.0939. The Morgan fingerprint density at radius 2 is 2.30 bits per heavy atom. The van der Waals surface area contributed by atoms with E-state index in [9.17, 15) is 10.1 Å². The predicted molar refractivity (Wildman–Crippen MR) is 82.7 cm³/mol. The van der Waals surface area contributed by atoms with Crippen LogP contribution in [0.2, 0.25) is 0 Å². The zero-order valence-electron chi connectivity index (χ0n) is 10.6. The largest absolute Gasteiger partial charge is 0.375 e. The van der Waals surface area contributed by atoms with Gasteiger partial charge in [-0.1, -0.05) is 0 Å². The molecule has 0 saturated carbocycles. The molecule has 3 rings (SSSR count). The summed E-state index contributed by atoms with van der Waals surface area (Å²) in [5.41, 5.74) is 2.51. The molecule has 2 aromatic heterocycles. The first-order valence-electron chi connectivity index (χ1n) is 5.94. The number of nitrogens with one attached hydrogen (secondary N) is 1. The molecule has 3 aromatic rings. The van der Waals surface area contributed by atoms with Crippen molar-refractivity contribution in [2.24, 2.45) is 0 Å². The summed E-state index contributed by atoms with van der Waals surface area (Å²) < 4.78 is 0.843. The van der Waals surface area contributed by atoms with Crippen molar-refractivity contribution < 1.29 is 4.92 Å². The second-order valence-corrected chi connectivity index (χ2v) is 6.33. The zero-order chi connectivity index (χ0) is 14.1. The average Bonchev–Trinajstić information content (AvgIpc) is 3.02. The fraction of sp³-hybridized carbons (Fsp3) is 0.154. The van der Waals surface area contributed by atoms with Crippen LogP contribution in [0.4, 0.5) is 11.4 Å². The fourth-order valence-electron chi connectivity index (χ4n) is 1.96. The number of benzene rings is 1. The van der Waals surface area contributed by atoms with Crippen LogP contribution in [0, 0.1) is 17.0 Å². The third kappa shape index (κ3) is 2.50. The number of nitro benzene ring substituents is 1. The summed E-state index contributed by atoms with van der Waals surface area (Å²) >= 11 is 3.07. The van der Waals surface area contributed by atoms with Gasteiger partial charge in [0.05, 0.1) is 20.1 Å². The van der Waals surface area contributed by atoms with Gasteiger partial charge in [-0.3, -0.25) is 10.1 Å². The lowest BCUT2D eigenvalue weighted by Gasteiger charge is -2.06. The number of hydrogen-bond donors (Lipinski definition) is 1. The van der Waals surface area contributed by atoms with E-state index in [1.165, 1.54) is 11.3 Å². The molecule has 0 aliphatic rings. The van der Waals surface area contributed by atoms with Crippen molar-refractivity contribution in [3.8, 4) is 0 Å². The van der Waals surface area contributed by atoms with Gasteiger partial charge in [0.2, 0.25) is 0 Å². The molecule has 0 fully saturated rings. The van der Waals surface area contributed by atoms with E-state index >= 15 is 0 Å². The van der Waals surface area contributed by atoms with Crippen LogP contribution in [-0.4, -0.2) is 9.91 Å². The molecule has 0 spiro atoms. The maximum absolute atomic E-state index is 11.2. The number of rotatable bonds is 4. The van der Waals surface area contributed by atoms with E-state index in [1.54, 1.807) is 23.5 Å². The molecule has 1 N–H and O–H groups in total. The third-order valence-electron chi connectivity index (χ3n) is 2.87. The van der Waals surface area contributed by atoms with Gasteiger partial charge >= 0.3 is 0 Å². The highest BCUT2D eigenvalue weighted by molar-refractivity contribution is 7.18. The van der Waals surface area contributed by atoms with E-state index in [0.717, 1.165) is 20.8 Å². The Morgan fingerprint density at radius 3 is 3.00 bits per heavy atom. The minimum Gasteiger partial charge on any atom is -0.375 e. The lowest BCUT2D eigenvalue weighted by molar-refractivity contribution is -0.383. The Morgan fingerprint density at radius 1 is 1.45 bits per heavy atom. The normalized spacial score (nSPS) is 10.8. The Labute approximate surface area is 123 Å². The van der Waals surface area contributed by atoms with E-state index in [2.05, 4.69) is 10.3 Å². The van der Waals surface area contributed by atoms with Gasteiger partial charge in [0.15, 0.2) is 0 Å². The second kappa shape index (κ2) is 5.18. The van der Waals surface area contributed by atoms with Crippen molar-refractivity contribution in [2.75, 3.05) is 5.32 Å². The van der Waals surface area contributed by atoms with Crippen LogP contribution in [-0.2, 0) is 6.54 Å². The molecule has 5 nitrogen and oxygen atoms in total. The van der Waals surface area contributed by atoms with Gasteiger partial charge in [-0.15, -0.1) is 11.3 Å². The van der Waals surface area contributed by atoms with Gasteiger partial charge < -0.3 is 5.32 Å². The van der Waals surface area contributed by atoms with Crippen LogP contribution in [0.5, 0.6) is 0 Å². The minimum atomic E-state index is -0.357. The number of nitrogens with zero attached hydrogens (tertiary/aromatic N) is 2. The number of aromatic nitrogens is 1. The van der Waals surface area contributed by atoms with Crippen molar-refractivity contribution >= 4 is 44.3 Å². The molecule has 0 radical (unpaired) electrons. The summed E-state index contributed by atoms with van der Waals surface area (Å²) in [7, 11) is 0. The zero-order valence-corrected chi connectivity index (χ0v) is 12.3. The quantitative estimate of drug-likeness (QED) is 0.580. The number of thiophene rings is 1. The molecule has 20 heavy (non-hydrogen) atoms. The van der Waals surface area contributed by atoms with Crippen molar-refractivity contribution in [1.82, 2.24) is 4.98 Å². The average molecular weight is 305 g/mol. The highest BCUT2D eigenvalue weighted by atomic mass is 32.1. The van der Waals surface area contributed by atoms with E-state index in [1.807, 2.05) is 23.8 Å². The Hall–Kier alpha value is -1.99. The number of anilines is 1. The van der Waals surface area contributed by atoms with Gasteiger partial charge in [0.1, 0.15) is 5.69 Å². The van der Waals surface area contributed by atoms with Crippen molar-refractivity contribution in [3.05, 3.63) is 49.6 Å². The third-order valence-corrected chi connectivity index (χ3v) is 4.54. The van der Waals surface area contributed by atoms with Crippen molar-refractivity contribution in [2.45, 2.75) is 13.5 Å². The molecular formula is C13H11N3O2S2. The van der Waals surface area contributed by atoms with Gasteiger partial charge in [0, 0.05) is 12.6 Å². The van der Waals surface area contributed by atoms with Crippen LogP contribution in [0.3, 0.4) is 0 Å². The van der Waals surface area contributed by atoms with E-state index in [4.69, 9.17) is 0 Å². The van der Waals surface area contributed by atoms with E-state index in [-0.39, 0.29) is 10.6 Å². The van der Waals surface area contributed by atoms with Crippen molar-refractivity contribution in [1.29, 1.82) is 0 Å². The summed E-state index contributed by atoms with van der Waals surface area (Å²) in [4.78, 5) is 15.2.